The molecule has 1 aliphatic rings. The lowest BCUT2D eigenvalue weighted by atomic mass is 9.88. The van der Waals surface area contributed by atoms with Crippen molar-refractivity contribution in [2.24, 2.45) is 5.73 Å². The molecule has 0 saturated carbocycles. The van der Waals surface area contributed by atoms with Gasteiger partial charge in [-0.1, -0.05) is 30.3 Å². The second kappa shape index (κ2) is 7.97. The summed E-state index contributed by atoms with van der Waals surface area (Å²) in [7, 11) is 0. The predicted octanol–water partition coefficient (Wildman–Crippen LogP) is 4.46. The van der Waals surface area contributed by atoms with E-state index in [9.17, 15) is 26.3 Å². The molecule has 1 aliphatic heterocycles. The van der Waals surface area contributed by atoms with E-state index >= 15 is 0 Å². The molecule has 0 spiro atoms. The summed E-state index contributed by atoms with van der Waals surface area (Å²) in [6.07, 6.45) is -9.24. The van der Waals surface area contributed by atoms with Crippen molar-refractivity contribution in [2.75, 3.05) is 13.2 Å². The Morgan fingerprint density at radius 2 is 1.55 bits per heavy atom. The van der Waals surface area contributed by atoms with Gasteiger partial charge in [-0.15, -0.1) is 0 Å². The first kappa shape index (κ1) is 21.6. The largest absolute Gasteiger partial charge is 0.416 e. The first-order chi connectivity index (χ1) is 13.5. The Morgan fingerprint density at radius 3 is 2.03 bits per heavy atom. The lowest BCUT2D eigenvalue weighted by Crippen LogP contribution is -2.41. The molecule has 2 aromatic carbocycles. The van der Waals surface area contributed by atoms with Crippen LogP contribution in [0.3, 0.4) is 0 Å². The van der Waals surface area contributed by atoms with Crippen LogP contribution in [-0.4, -0.2) is 19.2 Å². The van der Waals surface area contributed by atoms with Gasteiger partial charge >= 0.3 is 12.4 Å². The molecule has 1 heterocycles. The fourth-order valence-electron chi connectivity index (χ4n) is 3.53. The van der Waals surface area contributed by atoms with Crippen molar-refractivity contribution >= 4 is 0 Å². The summed E-state index contributed by atoms with van der Waals surface area (Å²) in [5.74, 6) is 0. The molecule has 0 aromatic heterocycles. The first-order valence-electron chi connectivity index (χ1n) is 8.92. The monoisotopic (exact) mass is 418 g/mol. The highest BCUT2D eigenvalue weighted by Crippen LogP contribution is 2.37. The number of hydrogen-bond acceptors (Lipinski definition) is 3. The van der Waals surface area contributed by atoms with Gasteiger partial charge in [0.2, 0.25) is 0 Å². The molecule has 1 fully saturated rings. The Labute approximate surface area is 163 Å². The van der Waals surface area contributed by atoms with E-state index < -0.39 is 35.6 Å². The average molecular weight is 418 g/mol. The van der Waals surface area contributed by atoms with E-state index in [1.807, 2.05) is 30.3 Å². The van der Waals surface area contributed by atoms with Crippen LogP contribution in [0.2, 0.25) is 0 Å². The third kappa shape index (κ3) is 5.09. The van der Waals surface area contributed by atoms with Gasteiger partial charge in [-0.2, -0.15) is 26.3 Å². The third-order valence-corrected chi connectivity index (χ3v) is 4.90. The van der Waals surface area contributed by atoms with Gasteiger partial charge in [0.05, 0.1) is 29.9 Å². The second-order valence-electron chi connectivity index (χ2n) is 7.20. The fourth-order valence-corrected chi connectivity index (χ4v) is 3.53. The van der Waals surface area contributed by atoms with Crippen molar-refractivity contribution in [3.05, 3.63) is 70.8 Å². The molecule has 0 aliphatic carbocycles. The zero-order valence-electron chi connectivity index (χ0n) is 15.3. The smallest absolute Gasteiger partial charge is 0.374 e. The summed E-state index contributed by atoms with van der Waals surface area (Å²) in [6.45, 7) is 0.195. The summed E-state index contributed by atoms with van der Waals surface area (Å²) < 4.78 is 83.6. The maximum Gasteiger partial charge on any atom is 0.416 e. The summed E-state index contributed by atoms with van der Waals surface area (Å²) in [5, 5.41) is 3.28. The van der Waals surface area contributed by atoms with Crippen molar-refractivity contribution in [2.45, 2.75) is 37.0 Å². The van der Waals surface area contributed by atoms with Crippen LogP contribution >= 0.6 is 0 Å². The predicted molar refractivity (Wildman–Crippen MR) is 94.8 cm³/mol. The number of rotatable bonds is 5. The quantitative estimate of drug-likeness (QED) is 0.705. The van der Waals surface area contributed by atoms with Crippen molar-refractivity contribution in [3.8, 4) is 0 Å². The summed E-state index contributed by atoms with van der Waals surface area (Å²) >= 11 is 0. The topological polar surface area (TPSA) is 47.3 Å². The molecule has 2 aromatic rings. The van der Waals surface area contributed by atoms with Crippen LogP contribution in [0.25, 0.3) is 0 Å². The van der Waals surface area contributed by atoms with E-state index in [-0.39, 0.29) is 24.3 Å². The van der Waals surface area contributed by atoms with Gasteiger partial charge in [0.1, 0.15) is 0 Å². The van der Waals surface area contributed by atoms with E-state index in [4.69, 9.17) is 10.5 Å². The molecular weight excluding hydrogens is 398 g/mol. The van der Waals surface area contributed by atoms with E-state index in [0.29, 0.717) is 25.1 Å². The lowest BCUT2D eigenvalue weighted by molar-refractivity contribution is -0.143. The minimum absolute atomic E-state index is 0.0578. The molecule has 3 N–H and O–H groups in total. The normalized spacial score (nSPS) is 22.8. The Kier molecular flexibility index (Phi) is 5.93. The van der Waals surface area contributed by atoms with Gasteiger partial charge < -0.3 is 15.8 Å². The van der Waals surface area contributed by atoms with Crippen molar-refractivity contribution in [1.29, 1.82) is 0 Å². The average Bonchev–Trinajstić information content (AvgIpc) is 3.03. The summed E-state index contributed by atoms with van der Waals surface area (Å²) in [5.41, 5.74) is 3.34. The number of benzene rings is 2. The minimum Gasteiger partial charge on any atom is -0.374 e. The molecule has 1 saturated heterocycles. The SMILES string of the molecule is N[C@@H]1CN[C@](COCc2cc(C(F)(F)F)cc(C(F)(F)F)c2)(c2ccccc2)C1. The van der Waals surface area contributed by atoms with Crippen LogP contribution < -0.4 is 11.1 Å². The van der Waals surface area contributed by atoms with Gasteiger partial charge in [0.25, 0.3) is 0 Å². The van der Waals surface area contributed by atoms with Crippen molar-refractivity contribution < 1.29 is 31.1 Å². The maximum atomic E-state index is 13.0. The van der Waals surface area contributed by atoms with Gasteiger partial charge in [-0.25, -0.2) is 0 Å². The highest BCUT2D eigenvalue weighted by molar-refractivity contribution is 5.33. The van der Waals surface area contributed by atoms with Gasteiger partial charge in [0, 0.05) is 12.6 Å². The fraction of sp³-hybridized carbons (Fsp3) is 0.400. The molecule has 9 heteroatoms. The molecule has 158 valence electrons. The number of nitrogens with two attached hydrogens (primary N) is 1. The van der Waals surface area contributed by atoms with Gasteiger partial charge in [0.15, 0.2) is 0 Å². The lowest BCUT2D eigenvalue weighted by Gasteiger charge is -2.30. The highest BCUT2D eigenvalue weighted by Gasteiger charge is 2.40. The molecule has 0 radical (unpaired) electrons. The zero-order chi connectivity index (χ0) is 21.3. The van der Waals surface area contributed by atoms with Gasteiger partial charge in [-0.05, 0) is 35.7 Å². The van der Waals surface area contributed by atoms with Crippen molar-refractivity contribution in [1.82, 2.24) is 5.32 Å². The van der Waals surface area contributed by atoms with Gasteiger partial charge in [-0.3, -0.25) is 0 Å². The molecule has 3 rings (SSSR count). The Morgan fingerprint density at radius 1 is 0.966 bits per heavy atom. The van der Waals surface area contributed by atoms with E-state index in [1.165, 1.54) is 0 Å². The van der Waals surface area contributed by atoms with Crippen LogP contribution in [0, 0.1) is 0 Å². The first-order valence-corrected chi connectivity index (χ1v) is 8.92. The maximum absolute atomic E-state index is 13.0. The zero-order valence-corrected chi connectivity index (χ0v) is 15.3. The second-order valence-corrected chi connectivity index (χ2v) is 7.20. The summed E-state index contributed by atoms with van der Waals surface area (Å²) in [4.78, 5) is 0. The number of nitrogens with one attached hydrogen (secondary N) is 1. The number of alkyl halides is 6. The molecular formula is C20H20F6N2O. The molecule has 29 heavy (non-hydrogen) atoms. The van der Waals surface area contributed by atoms with Crippen molar-refractivity contribution in [3.63, 3.8) is 0 Å². The number of ether oxygens (including phenoxy) is 1. The van der Waals surface area contributed by atoms with Crippen LogP contribution in [-0.2, 0) is 29.2 Å². The van der Waals surface area contributed by atoms with Crippen LogP contribution in [0.5, 0.6) is 0 Å². The standard InChI is InChI=1S/C20H20F6N2O/c21-19(22,23)15-6-13(7-16(8-15)20(24,25)26)11-29-12-18(9-17(27)10-28-18)14-4-2-1-3-5-14/h1-8,17,28H,9-12,27H2/t17-,18+/m0/s1. The number of halogens is 6. The molecule has 0 bridgehead atoms. The van der Waals surface area contributed by atoms with E-state index in [2.05, 4.69) is 5.32 Å². The Balaban J connectivity index is 1.80. The van der Waals surface area contributed by atoms with E-state index in [0.717, 1.165) is 5.56 Å². The third-order valence-electron chi connectivity index (χ3n) is 4.90. The van der Waals surface area contributed by atoms with Crippen LogP contribution in [0.4, 0.5) is 26.3 Å². The molecule has 0 amide bonds. The Bertz CT molecular complexity index is 805. The minimum atomic E-state index is -4.89. The molecule has 0 unspecified atom stereocenters. The summed E-state index contributed by atoms with van der Waals surface area (Å²) in [6, 6.07) is 10.6. The Hall–Kier alpha value is -2.10. The molecule has 2 atom stereocenters. The van der Waals surface area contributed by atoms with Crippen LogP contribution in [0.15, 0.2) is 48.5 Å². The van der Waals surface area contributed by atoms with Crippen LogP contribution in [0.1, 0.15) is 28.7 Å². The number of hydrogen-bond donors (Lipinski definition) is 2. The molecule has 3 nitrogen and oxygen atoms in total. The highest BCUT2D eigenvalue weighted by atomic mass is 19.4. The van der Waals surface area contributed by atoms with E-state index in [1.54, 1.807) is 0 Å².